The van der Waals surface area contributed by atoms with Crippen LogP contribution < -0.4 is 4.90 Å². The summed E-state index contributed by atoms with van der Waals surface area (Å²) in [5, 5.41) is 1.16. The van der Waals surface area contributed by atoms with E-state index in [4.69, 9.17) is 0 Å². The maximum absolute atomic E-state index is 4.65. The Morgan fingerprint density at radius 3 is 2.45 bits per heavy atom. The molecule has 3 heterocycles. The van der Waals surface area contributed by atoms with Gasteiger partial charge in [0.1, 0.15) is 0 Å². The lowest BCUT2D eigenvalue weighted by Crippen LogP contribution is -2.30. The molecule has 3 nitrogen and oxygen atoms in total. The third-order valence-electron chi connectivity index (χ3n) is 6.23. The first-order chi connectivity index (χ1) is 14.2. The average molecular weight is 375 g/mol. The van der Waals surface area contributed by atoms with E-state index < -0.39 is 0 Å². The number of nitrogens with one attached hydrogen (secondary N) is 1. The Labute approximate surface area is 169 Å². The van der Waals surface area contributed by atoms with Gasteiger partial charge in [0.2, 0.25) is 0 Å². The molecule has 5 aromatic rings. The van der Waals surface area contributed by atoms with Crippen LogP contribution in [0.1, 0.15) is 25.0 Å². The third kappa shape index (κ3) is 2.16. The summed E-state index contributed by atoms with van der Waals surface area (Å²) in [6.07, 6.45) is 1.86. The standard InChI is InChI=1S/C26H21N3/c1-26(2)19-11-6-7-13-22(19)29(17-9-4-3-5-10-17)25-20(26)15-14-18-23-21(28-24(18)25)12-8-16-27-23/h3-16,28H,1-2H3. The highest BCUT2D eigenvalue weighted by Crippen LogP contribution is 2.54. The van der Waals surface area contributed by atoms with Gasteiger partial charge >= 0.3 is 0 Å². The number of aromatic amines is 1. The molecule has 0 spiro atoms. The molecule has 1 aliphatic heterocycles. The number of nitrogens with zero attached hydrogens (tertiary/aromatic N) is 2. The number of para-hydroxylation sites is 2. The van der Waals surface area contributed by atoms with Gasteiger partial charge in [0.25, 0.3) is 0 Å². The zero-order valence-corrected chi connectivity index (χ0v) is 16.5. The number of rotatable bonds is 1. The maximum Gasteiger partial charge on any atom is 0.0958 e. The summed E-state index contributed by atoms with van der Waals surface area (Å²) in [5.74, 6) is 0. The molecule has 0 saturated carbocycles. The number of anilines is 3. The molecule has 0 fully saturated rings. The molecule has 0 amide bonds. The van der Waals surface area contributed by atoms with Crippen molar-refractivity contribution in [3.63, 3.8) is 0 Å². The minimum Gasteiger partial charge on any atom is -0.351 e. The summed E-state index contributed by atoms with van der Waals surface area (Å²) in [4.78, 5) is 10.7. The highest BCUT2D eigenvalue weighted by atomic mass is 15.2. The molecule has 0 radical (unpaired) electrons. The molecule has 3 aromatic carbocycles. The van der Waals surface area contributed by atoms with Crippen molar-refractivity contribution in [1.29, 1.82) is 0 Å². The van der Waals surface area contributed by atoms with Crippen LogP contribution in [0.15, 0.2) is 85.1 Å². The molecule has 3 heteroatoms. The van der Waals surface area contributed by atoms with Crippen molar-refractivity contribution >= 4 is 39.0 Å². The largest absolute Gasteiger partial charge is 0.351 e. The van der Waals surface area contributed by atoms with Gasteiger partial charge in [-0.2, -0.15) is 0 Å². The topological polar surface area (TPSA) is 31.9 Å². The molecule has 2 aromatic heterocycles. The Bertz CT molecular complexity index is 1380. The van der Waals surface area contributed by atoms with Crippen molar-refractivity contribution in [3.8, 4) is 0 Å². The lowest BCUT2D eigenvalue weighted by atomic mass is 9.73. The number of benzene rings is 3. The fourth-order valence-corrected chi connectivity index (χ4v) is 4.82. The Balaban J connectivity index is 1.79. The predicted octanol–water partition coefficient (Wildman–Crippen LogP) is 6.83. The molecule has 0 bridgehead atoms. The van der Waals surface area contributed by atoms with Crippen molar-refractivity contribution in [2.45, 2.75) is 19.3 Å². The monoisotopic (exact) mass is 375 g/mol. The Kier molecular flexibility index (Phi) is 3.22. The third-order valence-corrected chi connectivity index (χ3v) is 6.23. The van der Waals surface area contributed by atoms with Crippen molar-refractivity contribution in [2.75, 3.05) is 4.90 Å². The number of hydrogen-bond acceptors (Lipinski definition) is 2. The molecule has 29 heavy (non-hydrogen) atoms. The molecule has 1 aliphatic rings. The van der Waals surface area contributed by atoms with Gasteiger partial charge in [0, 0.05) is 22.7 Å². The van der Waals surface area contributed by atoms with Crippen molar-refractivity contribution in [2.24, 2.45) is 0 Å². The van der Waals surface area contributed by atoms with Crippen LogP contribution in [-0.2, 0) is 5.41 Å². The van der Waals surface area contributed by atoms with Crippen LogP contribution in [0.25, 0.3) is 21.9 Å². The Morgan fingerprint density at radius 1 is 0.793 bits per heavy atom. The summed E-state index contributed by atoms with van der Waals surface area (Å²) in [6.45, 7) is 4.64. The van der Waals surface area contributed by atoms with Gasteiger partial charge in [-0.3, -0.25) is 4.98 Å². The number of aromatic nitrogens is 2. The second-order valence-corrected chi connectivity index (χ2v) is 8.22. The normalized spacial score (nSPS) is 14.8. The van der Waals surface area contributed by atoms with Gasteiger partial charge in [-0.25, -0.2) is 0 Å². The quantitative estimate of drug-likeness (QED) is 0.348. The molecule has 0 unspecified atom stereocenters. The molecule has 140 valence electrons. The van der Waals surface area contributed by atoms with E-state index in [1.54, 1.807) is 0 Å². The second-order valence-electron chi connectivity index (χ2n) is 8.22. The van der Waals surface area contributed by atoms with Crippen LogP contribution in [-0.4, -0.2) is 9.97 Å². The first kappa shape index (κ1) is 16.4. The number of fused-ring (bicyclic) bond motifs is 6. The number of hydrogen-bond donors (Lipinski definition) is 1. The van der Waals surface area contributed by atoms with E-state index in [0.29, 0.717) is 0 Å². The summed E-state index contributed by atoms with van der Waals surface area (Å²) in [7, 11) is 0. The Morgan fingerprint density at radius 2 is 1.59 bits per heavy atom. The first-order valence-corrected chi connectivity index (χ1v) is 10.0. The van der Waals surface area contributed by atoms with Gasteiger partial charge in [-0.1, -0.05) is 62.4 Å². The van der Waals surface area contributed by atoms with Gasteiger partial charge in [-0.05, 0) is 41.5 Å². The summed E-state index contributed by atoms with van der Waals surface area (Å²) in [5.41, 5.74) is 9.40. The smallest absolute Gasteiger partial charge is 0.0958 e. The maximum atomic E-state index is 4.65. The van der Waals surface area contributed by atoms with E-state index in [2.05, 4.69) is 102 Å². The zero-order chi connectivity index (χ0) is 19.6. The van der Waals surface area contributed by atoms with Crippen LogP contribution in [0, 0.1) is 0 Å². The van der Waals surface area contributed by atoms with Crippen molar-refractivity contribution in [1.82, 2.24) is 9.97 Å². The van der Waals surface area contributed by atoms with E-state index >= 15 is 0 Å². The van der Waals surface area contributed by atoms with Crippen molar-refractivity contribution in [3.05, 3.63) is 96.2 Å². The summed E-state index contributed by atoms with van der Waals surface area (Å²) in [6, 6.07) is 28.0. The molecule has 6 rings (SSSR count). The second kappa shape index (κ2) is 5.71. The molecule has 0 atom stereocenters. The lowest BCUT2D eigenvalue weighted by molar-refractivity contribution is 0.633. The number of pyridine rings is 1. The van der Waals surface area contributed by atoms with E-state index in [0.717, 1.165) is 27.6 Å². The fourth-order valence-electron chi connectivity index (χ4n) is 4.82. The highest BCUT2D eigenvalue weighted by Gasteiger charge is 2.38. The minimum atomic E-state index is -0.101. The Hall–Kier alpha value is -3.59. The van der Waals surface area contributed by atoms with Crippen LogP contribution in [0.4, 0.5) is 17.1 Å². The van der Waals surface area contributed by atoms with Crippen LogP contribution >= 0.6 is 0 Å². The summed E-state index contributed by atoms with van der Waals surface area (Å²) >= 11 is 0. The predicted molar refractivity (Wildman–Crippen MR) is 120 cm³/mol. The molecule has 0 aliphatic carbocycles. The molecular weight excluding hydrogens is 354 g/mol. The zero-order valence-electron chi connectivity index (χ0n) is 16.5. The van der Waals surface area contributed by atoms with Gasteiger partial charge in [0.15, 0.2) is 0 Å². The van der Waals surface area contributed by atoms with E-state index in [1.807, 2.05) is 12.3 Å². The molecule has 1 N–H and O–H groups in total. The van der Waals surface area contributed by atoms with E-state index in [-0.39, 0.29) is 5.41 Å². The average Bonchev–Trinajstić information content (AvgIpc) is 3.14. The van der Waals surface area contributed by atoms with Gasteiger partial charge in [-0.15, -0.1) is 0 Å². The van der Waals surface area contributed by atoms with Gasteiger partial charge in [0.05, 0.1) is 27.9 Å². The van der Waals surface area contributed by atoms with Crippen LogP contribution in [0.5, 0.6) is 0 Å². The summed E-state index contributed by atoms with van der Waals surface area (Å²) < 4.78 is 0. The SMILES string of the molecule is CC1(C)c2ccccc2N(c2ccccc2)c2c1ccc1c2[nH]c2cccnc21. The van der Waals surface area contributed by atoms with Crippen LogP contribution in [0.3, 0.4) is 0 Å². The highest BCUT2D eigenvalue weighted by molar-refractivity contribution is 6.12. The first-order valence-electron chi connectivity index (χ1n) is 10.0. The molecular formula is C26H21N3. The molecule has 0 saturated heterocycles. The van der Waals surface area contributed by atoms with Crippen molar-refractivity contribution < 1.29 is 0 Å². The van der Waals surface area contributed by atoms with E-state index in [1.165, 1.54) is 22.5 Å². The minimum absolute atomic E-state index is 0.101. The van der Waals surface area contributed by atoms with Gasteiger partial charge < -0.3 is 9.88 Å². The van der Waals surface area contributed by atoms with E-state index in [9.17, 15) is 0 Å². The lowest BCUT2D eigenvalue weighted by Gasteiger charge is -2.42. The van der Waals surface area contributed by atoms with Crippen LogP contribution in [0.2, 0.25) is 0 Å². The number of H-pyrrole nitrogens is 1. The fraction of sp³-hybridized carbons (Fsp3) is 0.115.